The van der Waals surface area contributed by atoms with E-state index in [1.54, 1.807) is 48.5 Å². The summed E-state index contributed by atoms with van der Waals surface area (Å²) >= 11 is 0. The van der Waals surface area contributed by atoms with Crippen LogP contribution in [0.1, 0.15) is 108 Å². The van der Waals surface area contributed by atoms with Gasteiger partial charge in [-0.05, 0) is 95.9 Å². The number of rotatable bonds is 9. The number of ether oxygens (including phenoxy) is 7. The molecular formula is C44H80N2O15. The molecule has 0 radical (unpaired) electrons. The zero-order valence-electron chi connectivity index (χ0n) is 39.3. The molecule has 61 heavy (non-hydrogen) atoms. The summed E-state index contributed by atoms with van der Waals surface area (Å²) in [6, 6.07) is -0.742. The van der Waals surface area contributed by atoms with Gasteiger partial charge in [0.05, 0.1) is 59.8 Å². The molecule has 0 aromatic rings. The number of carbonyl (C=O) groups excluding carboxylic acids is 2. The fourth-order valence-electron chi connectivity index (χ4n) is 10.2. The molecule has 4 aliphatic heterocycles. The smallest absolute Gasteiger partial charge is 0.311 e. The standard InChI is InChI=1S/C44H80N2O15/c1-16-30-44(11,54)37(50)23(4)33(47)21(2)19-43(10,61-31-18-29(46(14)15)34(48)26(7)56-31)39(60-41-35(49)28(45(12)13)17-22(3)55-41)24(5)36(25(6)40(52)58-30)59-32-20-42(9,53)38(51)27(8)57-32/h21-32,34-39,41,48-51,53-54H,16-20H2,1-15H3/t21-,22?,23+,24+,25-,26?,27?,28?,29?,30-,31?,32?,34?,35?,36+,37-,38?,39-,41?,42?,43-,44-/m1/s1. The zero-order valence-corrected chi connectivity index (χ0v) is 39.3. The van der Waals surface area contributed by atoms with Crippen LogP contribution >= 0.6 is 0 Å². The molecule has 0 aromatic heterocycles. The highest BCUT2D eigenvalue weighted by atomic mass is 16.7. The number of aliphatic hydroxyl groups is 6. The van der Waals surface area contributed by atoms with E-state index >= 15 is 0 Å². The maximum atomic E-state index is 14.5. The first-order valence-corrected chi connectivity index (χ1v) is 22.3. The monoisotopic (exact) mass is 877 g/mol. The summed E-state index contributed by atoms with van der Waals surface area (Å²) < 4.78 is 45.7. The van der Waals surface area contributed by atoms with Crippen molar-refractivity contribution in [1.82, 2.24) is 9.80 Å². The van der Waals surface area contributed by atoms with Crippen LogP contribution in [0.5, 0.6) is 0 Å². The molecule has 0 amide bonds. The van der Waals surface area contributed by atoms with E-state index in [2.05, 4.69) is 0 Å². The second kappa shape index (κ2) is 20.4. The summed E-state index contributed by atoms with van der Waals surface area (Å²) in [5.74, 6) is -5.17. The molecule has 0 aromatic carbocycles. The lowest BCUT2D eigenvalue weighted by molar-refractivity contribution is -0.340. The molecule has 22 atom stereocenters. The van der Waals surface area contributed by atoms with E-state index in [9.17, 15) is 40.2 Å². The van der Waals surface area contributed by atoms with Crippen molar-refractivity contribution < 1.29 is 73.4 Å². The average Bonchev–Trinajstić information content (AvgIpc) is 3.16. The first-order valence-electron chi connectivity index (χ1n) is 22.3. The summed E-state index contributed by atoms with van der Waals surface area (Å²) in [6.07, 6.45) is -13.0. The number of cyclic esters (lactones) is 1. The Morgan fingerprint density at radius 3 is 1.85 bits per heavy atom. The van der Waals surface area contributed by atoms with E-state index in [0.29, 0.717) is 6.42 Å². The van der Waals surface area contributed by atoms with E-state index < -0.39 is 126 Å². The van der Waals surface area contributed by atoms with Gasteiger partial charge in [0.1, 0.15) is 29.7 Å². The molecule has 0 saturated carbocycles. The SMILES string of the molecule is CC[C@H]1OC(=O)[C@H](C)[C@@H](OC2CC(C)(O)C(O)C(C)O2)[C@H](C)[C@@H](OC2OC(C)CC(N(C)C)C2O)[C@](C)(OC2CC(N(C)C)C(O)C(C)O2)C[C@@H](C)C(=O)[C@H](C)[C@@H](O)[C@]1(C)O. The molecule has 17 nitrogen and oxygen atoms in total. The van der Waals surface area contributed by atoms with Gasteiger partial charge in [-0.3, -0.25) is 9.59 Å². The molecule has 4 aliphatic rings. The van der Waals surface area contributed by atoms with Crippen LogP contribution in [0.15, 0.2) is 0 Å². The predicted molar refractivity (Wildman–Crippen MR) is 223 cm³/mol. The Kier molecular flexibility index (Phi) is 17.5. The second-order valence-electron chi connectivity index (χ2n) is 19.9. The Morgan fingerprint density at radius 2 is 1.30 bits per heavy atom. The Morgan fingerprint density at radius 1 is 0.721 bits per heavy atom. The summed E-state index contributed by atoms with van der Waals surface area (Å²) in [5, 5.41) is 68.6. The number of carbonyl (C=O) groups is 2. The van der Waals surface area contributed by atoms with Gasteiger partial charge in [-0.1, -0.05) is 27.7 Å². The minimum atomic E-state index is -2.05. The van der Waals surface area contributed by atoms with Crippen LogP contribution in [-0.2, 0) is 42.7 Å². The number of hydrogen-bond acceptors (Lipinski definition) is 17. The van der Waals surface area contributed by atoms with Gasteiger partial charge in [0.2, 0.25) is 0 Å². The average molecular weight is 877 g/mol. The summed E-state index contributed by atoms with van der Waals surface area (Å²) in [5.41, 5.74) is -5.21. The first kappa shape index (κ1) is 52.2. The van der Waals surface area contributed by atoms with Crippen LogP contribution < -0.4 is 0 Å². The van der Waals surface area contributed by atoms with Gasteiger partial charge in [-0.2, -0.15) is 0 Å². The van der Waals surface area contributed by atoms with Crippen molar-refractivity contribution in [3.63, 3.8) is 0 Å². The Hall–Kier alpha value is -1.42. The lowest BCUT2D eigenvalue weighted by Crippen LogP contribution is -2.62. The highest BCUT2D eigenvalue weighted by Crippen LogP contribution is 2.43. The highest BCUT2D eigenvalue weighted by Gasteiger charge is 2.55. The largest absolute Gasteiger partial charge is 0.459 e. The van der Waals surface area contributed by atoms with Crippen molar-refractivity contribution in [3.05, 3.63) is 0 Å². The molecule has 4 heterocycles. The lowest BCUT2D eigenvalue weighted by atomic mass is 9.73. The van der Waals surface area contributed by atoms with Crippen molar-refractivity contribution in [1.29, 1.82) is 0 Å². The molecule has 6 N–H and O–H groups in total. The van der Waals surface area contributed by atoms with Crippen molar-refractivity contribution in [3.8, 4) is 0 Å². The van der Waals surface area contributed by atoms with Gasteiger partial charge in [-0.25, -0.2) is 0 Å². The molecule has 0 bridgehead atoms. The summed E-state index contributed by atoms with van der Waals surface area (Å²) in [6.45, 7) is 18.1. The lowest BCUT2D eigenvalue weighted by Gasteiger charge is -2.51. The zero-order chi connectivity index (χ0) is 46.3. The van der Waals surface area contributed by atoms with Crippen LogP contribution in [0.4, 0.5) is 0 Å². The maximum Gasteiger partial charge on any atom is 0.311 e. The van der Waals surface area contributed by atoms with Crippen LogP contribution in [-0.4, -0.2) is 189 Å². The molecule has 356 valence electrons. The van der Waals surface area contributed by atoms with Gasteiger partial charge in [0, 0.05) is 42.7 Å². The van der Waals surface area contributed by atoms with Gasteiger partial charge in [-0.15, -0.1) is 0 Å². The topological polar surface area (TPSA) is 227 Å². The summed E-state index contributed by atoms with van der Waals surface area (Å²) in [7, 11) is 7.41. The second-order valence-corrected chi connectivity index (χ2v) is 19.9. The molecule has 0 aliphatic carbocycles. The van der Waals surface area contributed by atoms with Crippen molar-refractivity contribution in [2.24, 2.45) is 23.7 Å². The third-order valence-corrected chi connectivity index (χ3v) is 14.1. The molecule has 4 rings (SSSR count). The van der Waals surface area contributed by atoms with Crippen LogP contribution in [0, 0.1) is 23.7 Å². The first-order chi connectivity index (χ1) is 28.1. The molecular weight excluding hydrogens is 796 g/mol. The maximum absolute atomic E-state index is 14.5. The van der Waals surface area contributed by atoms with E-state index in [1.165, 1.54) is 20.8 Å². The number of nitrogens with zero attached hydrogens (tertiary/aromatic N) is 2. The van der Waals surface area contributed by atoms with E-state index in [1.807, 2.05) is 44.9 Å². The summed E-state index contributed by atoms with van der Waals surface area (Å²) in [4.78, 5) is 32.7. The van der Waals surface area contributed by atoms with Crippen molar-refractivity contribution in [2.45, 2.75) is 217 Å². The fraction of sp³-hybridized carbons (Fsp3) is 0.955. The number of likely N-dealkylation sites (N-methyl/N-ethyl adjacent to an activating group) is 2. The number of hydrogen-bond donors (Lipinski definition) is 6. The van der Waals surface area contributed by atoms with Crippen molar-refractivity contribution in [2.75, 3.05) is 28.2 Å². The van der Waals surface area contributed by atoms with Crippen LogP contribution in [0.3, 0.4) is 0 Å². The Labute approximate surface area is 363 Å². The molecule has 4 fully saturated rings. The van der Waals surface area contributed by atoms with Crippen LogP contribution in [0.2, 0.25) is 0 Å². The normalized spacial score (nSPS) is 50.0. The van der Waals surface area contributed by atoms with E-state index in [4.69, 9.17) is 33.2 Å². The minimum Gasteiger partial charge on any atom is -0.459 e. The van der Waals surface area contributed by atoms with E-state index in [0.717, 1.165) is 0 Å². The fourth-order valence-corrected chi connectivity index (χ4v) is 10.2. The quantitative estimate of drug-likeness (QED) is 0.181. The Bertz CT molecular complexity index is 1450. The third-order valence-electron chi connectivity index (χ3n) is 14.1. The molecule has 0 spiro atoms. The number of aliphatic hydroxyl groups excluding tert-OH is 4. The van der Waals surface area contributed by atoms with Crippen LogP contribution in [0.25, 0.3) is 0 Å². The van der Waals surface area contributed by atoms with Gasteiger partial charge >= 0.3 is 5.97 Å². The van der Waals surface area contributed by atoms with Gasteiger partial charge in [0.15, 0.2) is 18.9 Å². The molecule has 12 unspecified atom stereocenters. The predicted octanol–water partition coefficient (Wildman–Crippen LogP) is 1.58. The molecule has 17 heteroatoms. The van der Waals surface area contributed by atoms with E-state index in [-0.39, 0.29) is 43.9 Å². The van der Waals surface area contributed by atoms with Gasteiger partial charge < -0.3 is 73.6 Å². The Balaban J connectivity index is 1.97. The minimum absolute atomic E-state index is 0.0421. The number of esters is 1. The number of ketones is 1. The molecule has 4 saturated heterocycles. The van der Waals surface area contributed by atoms with Gasteiger partial charge in [0.25, 0.3) is 0 Å². The highest BCUT2D eigenvalue weighted by molar-refractivity contribution is 5.83. The van der Waals surface area contributed by atoms with Crippen molar-refractivity contribution >= 4 is 11.8 Å². The number of Topliss-reactive ketones (excluding diaryl/α,β-unsaturated/α-hetero) is 1. The third kappa shape index (κ3) is 11.5.